The highest BCUT2D eigenvalue weighted by atomic mass is 35.5. The fourth-order valence-corrected chi connectivity index (χ4v) is 2.12. The number of amides is 1. The third kappa shape index (κ3) is 2.38. The van der Waals surface area contributed by atoms with Crippen LogP contribution in [0, 0.1) is 6.92 Å². The van der Waals surface area contributed by atoms with Crippen LogP contribution in [-0.2, 0) is 0 Å². The lowest BCUT2D eigenvalue weighted by molar-refractivity contribution is 0.102. The van der Waals surface area contributed by atoms with Crippen LogP contribution in [0.3, 0.4) is 0 Å². The molecule has 5 heteroatoms. The van der Waals surface area contributed by atoms with Crippen LogP contribution in [-0.4, -0.2) is 15.9 Å². The Bertz CT molecular complexity index is 795. The van der Waals surface area contributed by atoms with E-state index >= 15 is 0 Å². The summed E-state index contributed by atoms with van der Waals surface area (Å²) in [5.74, 6) is -0.176. The molecule has 2 N–H and O–H groups in total. The number of nitrogens with one attached hydrogen (secondary N) is 2. The molecule has 2 aromatic heterocycles. The van der Waals surface area contributed by atoms with Crippen molar-refractivity contribution >= 4 is 34.1 Å². The maximum Gasteiger partial charge on any atom is 0.255 e. The fourth-order valence-electron chi connectivity index (χ4n) is 2.02. The first kappa shape index (κ1) is 12.7. The zero-order chi connectivity index (χ0) is 14.1. The third-order valence-electron chi connectivity index (χ3n) is 3.09. The Kier molecular flexibility index (Phi) is 3.16. The van der Waals surface area contributed by atoms with Crippen molar-refractivity contribution < 1.29 is 4.79 Å². The van der Waals surface area contributed by atoms with E-state index in [4.69, 9.17) is 11.6 Å². The Balaban J connectivity index is 1.86. The van der Waals surface area contributed by atoms with E-state index in [9.17, 15) is 4.79 Å². The number of halogens is 1. The first-order valence-corrected chi connectivity index (χ1v) is 6.52. The number of carbonyl (C=O) groups is 1. The van der Waals surface area contributed by atoms with Gasteiger partial charge in [0.1, 0.15) is 5.15 Å². The number of rotatable bonds is 2. The molecule has 3 rings (SSSR count). The van der Waals surface area contributed by atoms with Gasteiger partial charge in [-0.2, -0.15) is 0 Å². The van der Waals surface area contributed by atoms with Crippen molar-refractivity contribution in [3.63, 3.8) is 0 Å². The lowest BCUT2D eigenvalue weighted by Crippen LogP contribution is -2.12. The van der Waals surface area contributed by atoms with Crippen LogP contribution in [0.2, 0.25) is 5.15 Å². The van der Waals surface area contributed by atoms with Crippen LogP contribution >= 0.6 is 11.6 Å². The van der Waals surface area contributed by atoms with Gasteiger partial charge < -0.3 is 10.3 Å². The van der Waals surface area contributed by atoms with E-state index in [2.05, 4.69) is 15.3 Å². The van der Waals surface area contributed by atoms with Crippen LogP contribution in [0.25, 0.3) is 10.9 Å². The summed E-state index contributed by atoms with van der Waals surface area (Å²) in [5.41, 5.74) is 2.98. The predicted octanol–water partition coefficient (Wildman–Crippen LogP) is 3.78. The van der Waals surface area contributed by atoms with Crippen molar-refractivity contribution in [3.8, 4) is 0 Å². The van der Waals surface area contributed by atoms with Gasteiger partial charge in [0, 0.05) is 17.3 Å². The SMILES string of the molecule is Cc1cc(NC(=O)c2ccc3cc[nH]c3c2)cnc1Cl. The molecule has 2 heterocycles. The first-order valence-electron chi connectivity index (χ1n) is 6.14. The second-order valence-electron chi connectivity index (χ2n) is 4.57. The first-order chi connectivity index (χ1) is 9.63. The third-order valence-corrected chi connectivity index (χ3v) is 3.49. The van der Waals surface area contributed by atoms with E-state index in [0.717, 1.165) is 16.5 Å². The highest BCUT2D eigenvalue weighted by molar-refractivity contribution is 6.30. The molecule has 0 spiro atoms. The fraction of sp³-hybridized carbons (Fsp3) is 0.0667. The number of fused-ring (bicyclic) bond motifs is 1. The average molecular weight is 286 g/mol. The minimum atomic E-state index is -0.176. The molecule has 100 valence electrons. The number of anilines is 1. The summed E-state index contributed by atoms with van der Waals surface area (Å²) < 4.78 is 0. The molecule has 3 aromatic rings. The number of aryl methyl sites for hydroxylation is 1. The molecule has 0 saturated heterocycles. The minimum Gasteiger partial charge on any atom is -0.361 e. The van der Waals surface area contributed by atoms with E-state index < -0.39 is 0 Å². The Hall–Kier alpha value is -2.33. The number of aromatic amines is 1. The Morgan fingerprint density at radius 3 is 2.95 bits per heavy atom. The molecule has 1 aromatic carbocycles. The molecule has 0 atom stereocenters. The van der Waals surface area contributed by atoms with Crippen LogP contribution in [0.5, 0.6) is 0 Å². The van der Waals surface area contributed by atoms with Gasteiger partial charge in [-0.15, -0.1) is 0 Å². The van der Waals surface area contributed by atoms with Gasteiger partial charge in [-0.05, 0) is 42.1 Å². The summed E-state index contributed by atoms with van der Waals surface area (Å²) in [6.07, 6.45) is 3.39. The quantitative estimate of drug-likeness (QED) is 0.704. The van der Waals surface area contributed by atoms with Gasteiger partial charge >= 0.3 is 0 Å². The molecule has 0 aliphatic rings. The van der Waals surface area contributed by atoms with E-state index in [1.807, 2.05) is 31.3 Å². The van der Waals surface area contributed by atoms with Gasteiger partial charge in [0.25, 0.3) is 5.91 Å². The second-order valence-corrected chi connectivity index (χ2v) is 4.92. The zero-order valence-electron chi connectivity index (χ0n) is 10.8. The Labute approximate surface area is 120 Å². The van der Waals surface area contributed by atoms with Gasteiger partial charge in [0.05, 0.1) is 11.9 Å². The molecule has 0 aliphatic heterocycles. The lowest BCUT2D eigenvalue weighted by Gasteiger charge is -2.06. The number of H-pyrrole nitrogens is 1. The largest absolute Gasteiger partial charge is 0.361 e. The van der Waals surface area contributed by atoms with Crippen molar-refractivity contribution in [3.05, 3.63) is 59.0 Å². The van der Waals surface area contributed by atoms with Gasteiger partial charge in [-0.1, -0.05) is 17.7 Å². The second kappa shape index (κ2) is 4.98. The zero-order valence-corrected chi connectivity index (χ0v) is 11.5. The number of benzene rings is 1. The molecule has 0 saturated carbocycles. The molecule has 1 amide bonds. The number of carbonyl (C=O) groups excluding carboxylic acids is 1. The Morgan fingerprint density at radius 1 is 1.30 bits per heavy atom. The van der Waals surface area contributed by atoms with Crippen LogP contribution in [0.4, 0.5) is 5.69 Å². The van der Waals surface area contributed by atoms with E-state index in [-0.39, 0.29) is 5.91 Å². The molecule has 0 bridgehead atoms. The maximum atomic E-state index is 12.2. The average Bonchev–Trinajstić information content (AvgIpc) is 2.90. The van der Waals surface area contributed by atoms with E-state index in [0.29, 0.717) is 16.4 Å². The molecule has 4 nitrogen and oxygen atoms in total. The smallest absolute Gasteiger partial charge is 0.255 e. The van der Waals surface area contributed by atoms with Crippen LogP contribution < -0.4 is 5.32 Å². The highest BCUT2D eigenvalue weighted by Crippen LogP contribution is 2.18. The summed E-state index contributed by atoms with van der Waals surface area (Å²) >= 11 is 5.86. The Morgan fingerprint density at radius 2 is 2.15 bits per heavy atom. The number of hydrogen-bond acceptors (Lipinski definition) is 2. The minimum absolute atomic E-state index is 0.176. The van der Waals surface area contributed by atoms with Gasteiger partial charge in [0.15, 0.2) is 0 Å². The van der Waals surface area contributed by atoms with E-state index in [1.165, 1.54) is 0 Å². The standard InChI is InChI=1S/C15H12ClN3O/c1-9-6-12(8-18-14(9)16)19-15(20)11-3-2-10-4-5-17-13(10)7-11/h2-8,17H,1H3,(H,19,20). The number of nitrogens with zero attached hydrogens (tertiary/aromatic N) is 1. The maximum absolute atomic E-state index is 12.2. The molecule has 20 heavy (non-hydrogen) atoms. The van der Waals surface area contributed by atoms with Crippen LogP contribution in [0.15, 0.2) is 42.7 Å². The van der Waals surface area contributed by atoms with Crippen molar-refractivity contribution in [2.75, 3.05) is 5.32 Å². The summed E-state index contributed by atoms with van der Waals surface area (Å²) in [6.45, 7) is 1.84. The number of aromatic nitrogens is 2. The summed E-state index contributed by atoms with van der Waals surface area (Å²) in [7, 11) is 0. The number of hydrogen-bond donors (Lipinski definition) is 2. The van der Waals surface area contributed by atoms with Gasteiger partial charge in [-0.3, -0.25) is 4.79 Å². The number of pyridine rings is 1. The van der Waals surface area contributed by atoms with E-state index in [1.54, 1.807) is 18.3 Å². The van der Waals surface area contributed by atoms with Gasteiger partial charge in [0.2, 0.25) is 0 Å². The highest BCUT2D eigenvalue weighted by Gasteiger charge is 2.08. The normalized spacial score (nSPS) is 10.7. The molecule has 0 aliphatic carbocycles. The lowest BCUT2D eigenvalue weighted by atomic mass is 10.1. The van der Waals surface area contributed by atoms with Crippen molar-refractivity contribution in [2.24, 2.45) is 0 Å². The molecule has 0 unspecified atom stereocenters. The summed E-state index contributed by atoms with van der Waals surface area (Å²) in [5, 5.41) is 4.32. The molecular formula is C15H12ClN3O. The predicted molar refractivity (Wildman–Crippen MR) is 80.2 cm³/mol. The molecule has 0 fully saturated rings. The van der Waals surface area contributed by atoms with Gasteiger partial charge in [-0.25, -0.2) is 4.98 Å². The molecule has 0 radical (unpaired) electrons. The summed E-state index contributed by atoms with van der Waals surface area (Å²) in [6, 6.07) is 9.28. The summed E-state index contributed by atoms with van der Waals surface area (Å²) in [4.78, 5) is 19.3. The van der Waals surface area contributed by atoms with Crippen molar-refractivity contribution in [1.29, 1.82) is 0 Å². The topological polar surface area (TPSA) is 57.8 Å². The van der Waals surface area contributed by atoms with Crippen molar-refractivity contribution in [1.82, 2.24) is 9.97 Å². The van der Waals surface area contributed by atoms with Crippen molar-refractivity contribution in [2.45, 2.75) is 6.92 Å². The molecular weight excluding hydrogens is 274 g/mol. The van der Waals surface area contributed by atoms with Crippen LogP contribution in [0.1, 0.15) is 15.9 Å². The monoisotopic (exact) mass is 285 g/mol.